The molecule has 0 aromatic carbocycles. The largest absolute Gasteiger partial charge is 0.492 e. The van der Waals surface area contributed by atoms with Crippen molar-refractivity contribution < 1.29 is 14.3 Å². The minimum absolute atomic E-state index is 0.171. The standard InChI is InChI=1S/C17H22N2O3/c1-12-7-15(12)16(20)19-10-17(11-19)13(4-6-22-17)9-21-14-3-2-5-18-8-14/h2-3,5,8,12-13,15H,4,6-7,9-11H2,1H3/t12-,13+,15-/m1/s1. The molecule has 0 N–H and O–H groups in total. The summed E-state index contributed by atoms with van der Waals surface area (Å²) >= 11 is 0. The summed E-state index contributed by atoms with van der Waals surface area (Å²) in [4.78, 5) is 18.3. The fraction of sp³-hybridized carbons (Fsp3) is 0.647. The Bertz CT molecular complexity index is 556. The summed E-state index contributed by atoms with van der Waals surface area (Å²) in [6, 6.07) is 3.79. The Kier molecular flexibility index (Phi) is 3.33. The summed E-state index contributed by atoms with van der Waals surface area (Å²) in [7, 11) is 0. The lowest BCUT2D eigenvalue weighted by atomic mass is 9.81. The van der Waals surface area contributed by atoms with Gasteiger partial charge in [0, 0.05) is 24.6 Å². The van der Waals surface area contributed by atoms with Crippen molar-refractivity contribution in [2.45, 2.75) is 25.4 Å². The number of carbonyl (C=O) groups is 1. The fourth-order valence-electron chi connectivity index (χ4n) is 3.66. The molecule has 5 nitrogen and oxygen atoms in total. The first-order chi connectivity index (χ1) is 10.7. The van der Waals surface area contributed by atoms with E-state index >= 15 is 0 Å². The summed E-state index contributed by atoms with van der Waals surface area (Å²) in [6.45, 7) is 5.01. The monoisotopic (exact) mass is 302 g/mol. The highest BCUT2D eigenvalue weighted by Gasteiger charge is 2.56. The van der Waals surface area contributed by atoms with Crippen molar-refractivity contribution in [2.75, 3.05) is 26.3 Å². The Morgan fingerprint density at radius 1 is 1.55 bits per heavy atom. The second-order valence-corrected chi connectivity index (χ2v) is 6.91. The van der Waals surface area contributed by atoms with Crippen LogP contribution in [0.4, 0.5) is 0 Å². The number of pyridine rings is 1. The van der Waals surface area contributed by atoms with E-state index in [4.69, 9.17) is 9.47 Å². The quantitative estimate of drug-likeness (QED) is 0.850. The van der Waals surface area contributed by atoms with E-state index in [1.807, 2.05) is 17.0 Å². The number of carbonyl (C=O) groups excluding carboxylic acids is 1. The van der Waals surface area contributed by atoms with Gasteiger partial charge in [-0.05, 0) is 30.9 Å². The number of ether oxygens (including phenoxy) is 2. The molecule has 1 aromatic rings. The van der Waals surface area contributed by atoms with Gasteiger partial charge in [0.05, 0.1) is 25.9 Å². The molecule has 3 aliphatic rings. The molecule has 0 radical (unpaired) electrons. The molecule has 3 heterocycles. The van der Waals surface area contributed by atoms with E-state index in [0.717, 1.165) is 38.3 Å². The summed E-state index contributed by atoms with van der Waals surface area (Å²) in [5, 5.41) is 0. The Morgan fingerprint density at radius 2 is 2.36 bits per heavy atom. The third kappa shape index (κ3) is 2.37. The Hall–Kier alpha value is -1.62. The molecule has 1 spiro atoms. The zero-order chi connectivity index (χ0) is 15.2. The van der Waals surface area contributed by atoms with Crippen molar-refractivity contribution in [1.82, 2.24) is 9.88 Å². The van der Waals surface area contributed by atoms with Crippen LogP contribution in [0.15, 0.2) is 24.5 Å². The highest BCUT2D eigenvalue weighted by Crippen LogP contribution is 2.45. The first-order valence-corrected chi connectivity index (χ1v) is 8.13. The van der Waals surface area contributed by atoms with Crippen LogP contribution in [0.25, 0.3) is 0 Å². The van der Waals surface area contributed by atoms with Gasteiger partial charge in [-0.1, -0.05) is 6.92 Å². The highest BCUT2D eigenvalue weighted by molar-refractivity contribution is 5.82. The molecule has 1 aromatic heterocycles. The van der Waals surface area contributed by atoms with Crippen LogP contribution in [0.3, 0.4) is 0 Å². The van der Waals surface area contributed by atoms with Crippen LogP contribution in [0.2, 0.25) is 0 Å². The molecule has 22 heavy (non-hydrogen) atoms. The van der Waals surface area contributed by atoms with Gasteiger partial charge < -0.3 is 14.4 Å². The van der Waals surface area contributed by atoms with Gasteiger partial charge in [-0.2, -0.15) is 0 Å². The minimum Gasteiger partial charge on any atom is -0.492 e. The summed E-state index contributed by atoms with van der Waals surface area (Å²) in [5.41, 5.74) is -0.171. The third-order valence-electron chi connectivity index (χ3n) is 5.34. The van der Waals surface area contributed by atoms with E-state index < -0.39 is 0 Å². The van der Waals surface area contributed by atoms with Gasteiger partial charge in [0.25, 0.3) is 0 Å². The number of nitrogens with zero attached hydrogens (tertiary/aromatic N) is 2. The SMILES string of the molecule is C[C@@H]1C[C@H]1C(=O)N1CC2(C1)OCC[C@H]2COc1cccnc1. The predicted octanol–water partition coefficient (Wildman–Crippen LogP) is 1.73. The fourth-order valence-corrected chi connectivity index (χ4v) is 3.66. The van der Waals surface area contributed by atoms with Crippen LogP contribution in [0, 0.1) is 17.8 Å². The zero-order valence-electron chi connectivity index (χ0n) is 12.9. The maximum atomic E-state index is 12.3. The number of amides is 1. The van der Waals surface area contributed by atoms with Crippen molar-refractivity contribution in [3.63, 3.8) is 0 Å². The molecule has 0 bridgehead atoms. The van der Waals surface area contributed by atoms with E-state index in [0.29, 0.717) is 24.3 Å². The van der Waals surface area contributed by atoms with Crippen LogP contribution in [0.1, 0.15) is 19.8 Å². The molecule has 0 unspecified atom stereocenters. The first kappa shape index (κ1) is 14.0. The van der Waals surface area contributed by atoms with Crippen molar-refractivity contribution in [2.24, 2.45) is 17.8 Å². The molecule has 4 rings (SSSR count). The Labute approximate surface area is 130 Å². The maximum Gasteiger partial charge on any atom is 0.226 e. The van der Waals surface area contributed by atoms with Crippen molar-refractivity contribution in [3.8, 4) is 5.75 Å². The van der Waals surface area contributed by atoms with Crippen LogP contribution in [-0.2, 0) is 9.53 Å². The lowest BCUT2D eigenvalue weighted by Gasteiger charge is -2.50. The number of likely N-dealkylation sites (tertiary alicyclic amines) is 1. The first-order valence-electron chi connectivity index (χ1n) is 8.13. The molecule has 1 saturated carbocycles. The Balaban J connectivity index is 1.33. The van der Waals surface area contributed by atoms with E-state index in [-0.39, 0.29) is 11.5 Å². The molecule has 3 fully saturated rings. The lowest BCUT2D eigenvalue weighted by molar-refractivity contribution is -0.168. The van der Waals surface area contributed by atoms with Crippen LogP contribution in [-0.4, -0.2) is 47.7 Å². The zero-order valence-corrected chi connectivity index (χ0v) is 12.9. The second-order valence-electron chi connectivity index (χ2n) is 6.91. The molecular weight excluding hydrogens is 280 g/mol. The predicted molar refractivity (Wildman–Crippen MR) is 80.4 cm³/mol. The molecule has 118 valence electrons. The van der Waals surface area contributed by atoms with Gasteiger partial charge in [-0.3, -0.25) is 9.78 Å². The van der Waals surface area contributed by atoms with Crippen molar-refractivity contribution >= 4 is 5.91 Å². The molecule has 3 atom stereocenters. The van der Waals surface area contributed by atoms with Crippen molar-refractivity contribution in [3.05, 3.63) is 24.5 Å². The summed E-state index contributed by atoms with van der Waals surface area (Å²) in [5.74, 6) is 2.31. The molecule has 5 heteroatoms. The highest BCUT2D eigenvalue weighted by atomic mass is 16.5. The third-order valence-corrected chi connectivity index (χ3v) is 5.34. The normalized spacial score (nSPS) is 31.9. The second kappa shape index (κ2) is 5.23. The molecule has 2 aliphatic heterocycles. The smallest absolute Gasteiger partial charge is 0.226 e. The lowest BCUT2D eigenvalue weighted by Crippen LogP contribution is -2.67. The van der Waals surface area contributed by atoms with Crippen molar-refractivity contribution in [1.29, 1.82) is 0 Å². The number of aromatic nitrogens is 1. The van der Waals surface area contributed by atoms with E-state index in [1.165, 1.54) is 0 Å². The molecule has 2 saturated heterocycles. The van der Waals surface area contributed by atoms with Crippen LogP contribution in [0.5, 0.6) is 5.75 Å². The average Bonchev–Trinajstić information content (AvgIpc) is 3.08. The molecule has 1 amide bonds. The summed E-state index contributed by atoms with van der Waals surface area (Å²) in [6.07, 6.45) is 5.52. The number of rotatable bonds is 4. The van der Waals surface area contributed by atoms with Gasteiger partial charge in [-0.25, -0.2) is 0 Å². The Morgan fingerprint density at radius 3 is 3.05 bits per heavy atom. The van der Waals surface area contributed by atoms with Gasteiger partial charge in [0.1, 0.15) is 11.4 Å². The summed E-state index contributed by atoms with van der Waals surface area (Å²) < 4.78 is 11.8. The van der Waals surface area contributed by atoms with Crippen LogP contribution < -0.4 is 4.74 Å². The number of hydrogen-bond acceptors (Lipinski definition) is 4. The molecule has 1 aliphatic carbocycles. The van der Waals surface area contributed by atoms with Gasteiger partial charge in [0.15, 0.2) is 0 Å². The van der Waals surface area contributed by atoms with Gasteiger partial charge in [-0.15, -0.1) is 0 Å². The average molecular weight is 302 g/mol. The number of hydrogen-bond donors (Lipinski definition) is 0. The topological polar surface area (TPSA) is 51.7 Å². The minimum atomic E-state index is -0.171. The van der Waals surface area contributed by atoms with Gasteiger partial charge >= 0.3 is 0 Å². The van der Waals surface area contributed by atoms with E-state index in [1.54, 1.807) is 12.4 Å². The van der Waals surface area contributed by atoms with E-state index in [2.05, 4.69) is 11.9 Å². The van der Waals surface area contributed by atoms with E-state index in [9.17, 15) is 4.79 Å². The maximum absolute atomic E-state index is 12.3. The van der Waals surface area contributed by atoms with Crippen LogP contribution >= 0.6 is 0 Å². The molecular formula is C17H22N2O3. The van der Waals surface area contributed by atoms with Gasteiger partial charge in [0.2, 0.25) is 5.91 Å².